The molecule has 0 radical (unpaired) electrons. The summed E-state index contributed by atoms with van der Waals surface area (Å²) in [4.78, 5) is 1.12. The Morgan fingerprint density at radius 2 is 2.21 bits per heavy atom. The van der Waals surface area contributed by atoms with E-state index in [0.29, 0.717) is 0 Å². The zero-order chi connectivity index (χ0) is 10.9. The summed E-state index contributed by atoms with van der Waals surface area (Å²) in [6.07, 6.45) is 0. The average molecular weight is 278 g/mol. The molecule has 1 aromatic rings. The second kappa shape index (κ2) is 4.31. The van der Waals surface area contributed by atoms with E-state index in [-0.39, 0.29) is 18.1 Å². The summed E-state index contributed by atoms with van der Waals surface area (Å²) < 4.78 is 1.12. The van der Waals surface area contributed by atoms with Crippen LogP contribution in [-0.4, -0.2) is 11.7 Å². The van der Waals surface area contributed by atoms with Gasteiger partial charge in [0.2, 0.25) is 0 Å². The van der Waals surface area contributed by atoms with Gasteiger partial charge in [-0.1, -0.05) is 13.8 Å². The van der Waals surface area contributed by atoms with Crippen LogP contribution in [0.5, 0.6) is 0 Å². The highest BCUT2D eigenvalue weighted by Gasteiger charge is 2.28. The Bertz CT molecular complexity index is 302. The van der Waals surface area contributed by atoms with E-state index in [1.54, 1.807) is 11.3 Å². The summed E-state index contributed by atoms with van der Waals surface area (Å²) in [5, 5.41) is 9.21. The molecule has 0 unspecified atom stereocenters. The lowest BCUT2D eigenvalue weighted by atomic mass is 9.85. The Morgan fingerprint density at radius 3 is 2.57 bits per heavy atom. The molecule has 0 aliphatic heterocycles. The Balaban J connectivity index is 2.94. The minimum atomic E-state index is -0.267. The van der Waals surface area contributed by atoms with Crippen molar-refractivity contribution in [3.63, 3.8) is 0 Å². The molecule has 0 saturated heterocycles. The summed E-state index contributed by atoms with van der Waals surface area (Å²) in [5.74, 6) is 0. The molecule has 80 valence electrons. The molecule has 0 spiro atoms. The molecular formula is C10H16BrNOS. The normalized spacial score (nSPS) is 14.4. The molecule has 1 heterocycles. The minimum absolute atomic E-state index is 0.0999. The zero-order valence-corrected chi connectivity index (χ0v) is 11.1. The van der Waals surface area contributed by atoms with Crippen molar-refractivity contribution in [1.82, 2.24) is 0 Å². The topological polar surface area (TPSA) is 46.2 Å². The van der Waals surface area contributed by atoms with Crippen LogP contribution >= 0.6 is 27.3 Å². The van der Waals surface area contributed by atoms with Crippen molar-refractivity contribution in [2.75, 3.05) is 6.61 Å². The number of nitrogens with two attached hydrogens (primary N) is 1. The van der Waals surface area contributed by atoms with Crippen molar-refractivity contribution in [3.05, 3.63) is 20.3 Å². The number of hydrogen-bond acceptors (Lipinski definition) is 3. The third-order valence-corrected chi connectivity index (χ3v) is 4.65. The first-order valence-corrected chi connectivity index (χ1v) is 6.11. The van der Waals surface area contributed by atoms with E-state index < -0.39 is 0 Å². The summed E-state index contributed by atoms with van der Waals surface area (Å²) in [7, 11) is 0. The number of halogens is 1. The Kier molecular flexibility index (Phi) is 3.75. The number of aliphatic hydroxyl groups is 1. The quantitative estimate of drug-likeness (QED) is 0.893. The van der Waals surface area contributed by atoms with E-state index in [2.05, 4.69) is 22.0 Å². The third kappa shape index (κ3) is 2.37. The minimum Gasteiger partial charge on any atom is -0.396 e. The average Bonchev–Trinajstić information content (AvgIpc) is 2.45. The molecule has 0 amide bonds. The maximum absolute atomic E-state index is 9.21. The number of rotatable bonds is 3. The van der Waals surface area contributed by atoms with Crippen molar-refractivity contribution in [2.45, 2.75) is 26.8 Å². The molecule has 14 heavy (non-hydrogen) atoms. The van der Waals surface area contributed by atoms with E-state index in [1.165, 1.54) is 5.56 Å². The number of thiophene rings is 1. The van der Waals surface area contributed by atoms with Gasteiger partial charge in [0.05, 0.1) is 10.4 Å². The third-order valence-electron chi connectivity index (χ3n) is 2.43. The molecule has 0 aliphatic rings. The molecule has 0 saturated carbocycles. The number of aryl methyl sites for hydroxylation is 1. The maximum Gasteiger partial charge on any atom is 0.0731 e. The fourth-order valence-corrected chi connectivity index (χ4v) is 2.90. The lowest BCUT2D eigenvalue weighted by Crippen LogP contribution is -2.31. The predicted octanol–water partition coefficient (Wildman–Crippen LogP) is 2.84. The van der Waals surface area contributed by atoms with Crippen LogP contribution in [0.1, 0.15) is 30.3 Å². The van der Waals surface area contributed by atoms with Crippen LogP contribution in [0.4, 0.5) is 0 Å². The lowest BCUT2D eigenvalue weighted by molar-refractivity contribution is 0.133. The maximum atomic E-state index is 9.21. The fourth-order valence-electron chi connectivity index (χ4n) is 1.12. The molecule has 0 fully saturated rings. The van der Waals surface area contributed by atoms with Gasteiger partial charge in [-0.2, -0.15) is 0 Å². The van der Waals surface area contributed by atoms with E-state index in [0.717, 1.165) is 8.66 Å². The van der Waals surface area contributed by atoms with Gasteiger partial charge < -0.3 is 10.8 Å². The van der Waals surface area contributed by atoms with Crippen LogP contribution in [0.25, 0.3) is 0 Å². The van der Waals surface area contributed by atoms with Crippen molar-refractivity contribution in [3.8, 4) is 0 Å². The number of hydrogen-bond donors (Lipinski definition) is 2. The fraction of sp³-hybridized carbons (Fsp3) is 0.600. The Hall–Kier alpha value is 0.100. The van der Waals surface area contributed by atoms with Crippen LogP contribution in [0, 0.1) is 12.3 Å². The summed E-state index contributed by atoms with van der Waals surface area (Å²) in [6, 6.07) is 1.97. The molecule has 0 bridgehead atoms. The molecule has 1 atom stereocenters. The van der Waals surface area contributed by atoms with E-state index >= 15 is 0 Å². The van der Waals surface area contributed by atoms with Crippen LogP contribution in [0.15, 0.2) is 9.85 Å². The van der Waals surface area contributed by atoms with Crippen molar-refractivity contribution in [2.24, 2.45) is 11.1 Å². The molecule has 2 nitrogen and oxygen atoms in total. The van der Waals surface area contributed by atoms with Crippen LogP contribution < -0.4 is 5.73 Å². The molecular weight excluding hydrogens is 262 g/mol. The molecule has 4 heteroatoms. The largest absolute Gasteiger partial charge is 0.396 e. The van der Waals surface area contributed by atoms with Gasteiger partial charge in [0.25, 0.3) is 0 Å². The van der Waals surface area contributed by atoms with Gasteiger partial charge in [-0.25, -0.2) is 0 Å². The van der Waals surface area contributed by atoms with Crippen LogP contribution in [0.3, 0.4) is 0 Å². The summed E-state index contributed by atoms with van der Waals surface area (Å²) >= 11 is 5.12. The monoisotopic (exact) mass is 277 g/mol. The van der Waals surface area contributed by atoms with E-state index in [1.807, 2.05) is 20.8 Å². The van der Waals surface area contributed by atoms with Gasteiger partial charge in [0, 0.05) is 16.3 Å². The van der Waals surface area contributed by atoms with Crippen LogP contribution in [-0.2, 0) is 0 Å². The van der Waals surface area contributed by atoms with Crippen molar-refractivity contribution < 1.29 is 5.11 Å². The van der Waals surface area contributed by atoms with Gasteiger partial charge >= 0.3 is 0 Å². The van der Waals surface area contributed by atoms with Gasteiger partial charge in [0.1, 0.15) is 0 Å². The number of aliphatic hydroxyl groups excluding tert-OH is 1. The lowest BCUT2D eigenvalue weighted by Gasteiger charge is -2.28. The second-order valence-corrected chi connectivity index (χ2v) is 6.63. The summed E-state index contributed by atoms with van der Waals surface area (Å²) in [5.41, 5.74) is 7.03. The molecule has 1 rings (SSSR count). The SMILES string of the molecule is Cc1cc([C@H](N)C(C)(C)CO)sc1Br. The molecule has 1 aromatic heterocycles. The Morgan fingerprint density at radius 1 is 1.64 bits per heavy atom. The first-order chi connectivity index (χ1) is 6.38. The van der Waals surface area contributed by atoms with E-state index in [4.69, 9.17) is 5.73 Å². The predicted molar refractivity (Wildman–Crippen MR) is 64.6 cm³/mol. The van der Waals surface area contributed by atoms with Crippen LogP contribution in [0.2, 0.25) is 0 Å². The molecule has 0 aromatic carbocycles. The standard InChI is InChI=1S/C10H16BrNOS/c1-6-4-7(14-9(6)11)8(12)10(2,3)5-13/h4,8,13H,5,12H2,1-3H3/t8-/m0/s1. The second-order valence-electron chi connectivity index (χ2n) is 4.23. The first kappa shape index (κ1) is 12.2. The Labute approximate surface area is 97.3 Å². The highest BCUT2D eigenvalue weighted by atomic mass is 79.9. The molecule has 0 aliphatic carbocycles. The highest BCUT2D eigenvalue weighted by Crippen LogP contribution is 2.37. The highest BCUT2D eigenvalue weighted by molar-refractivity contribution is 9.11. The molecule has 3 N–H and O–H groups in total. The van der Waals surface area contributed by atoms with E-state index in [9.17, 15) is 5.11 Å². The zero-order valence-electron chi connectivity index (χ0n) is 8.67. The van der Waals surface area contributed by atoms with Gasteiger partial charge in [-0.3, -0.25) is 0 Å². The van der Waals surface area contributed by atoms with Gasteiger partial charge in [0.15, 0.2) is 0 Å². The van der Waals surface area contributed by atoms with Gasteiger partial charge in [-0.15, -0.1) is 11.3 Å². The summed E-state index contributed by atoms with van der Waals surface area (Å²) in [6.45, 7) is 6.09. The van der Waals surface area contributed by atoms with Gasteiger partial charge in [-0.05, 0) is 34.5 Å². The smallest absolute Gasteiger partial charge is 0.0731 e. The van der Waals surface area contributed by atoms with Crippen molar-refractivity contribution >= 4 is 27.3 Å². The van der Waals surface area contributed by atoms with Crippen molar-refractivity contribution in [1.29, 1.82) is 0 Å². The first-order valence-electron chi connectivity index (χ1n) is 4.51.